The molecule has 1 aromatic rings. The zero-order valence-corrected chi connectivity index (χ0v) is 18.3. The summed E-state index contributed by atoms with van der Waals surface area (Å²) in [5.41, 5.74) is 0.498. The van der Waals surface area contributed by atoms with Crippen LogP contribution >= 0.6 is 47.3 Å². The maximum atomic E-state index is 12.1. The number of nitrogens with one attached hydrogen (secondary N) is 3. The van der Waals surface area contributed by atoms with Gasteiger partial charge in [0.25, 0.3) is 5.91 Å². The molecule has 1 heterocycles. The van der Waals surface area contributed by atoms with Crippen LogP contribution in [-0.4, -0.2) is 49.0 Å². The van der Waals surface area contributed by atoms with Crippen molar-refractivity contribution in [3.05, 3.63) is 34.9 Å². The van der Waals surface area contributed by atoms with Gasteiger partial charge in [-0.3, -0.25) is 9.79 Å². The third-order valence-corrected chi connectivity index (χ3v) is 5.35. The summed E-state index contributed by atoms with van der Waals surface area (Å²) in [5.74, 6) is 1.89. The van der Waals surface area contributed by atoms with Crippen LogP contribution in [0.2, 0.25) is 5.02 Å². The van der Waals surface area contributed by atoms with E-state index in [1.165, 1.54) is 18.6 Å². The number of guanidine groups is 1. The summed E-state index contributed by atoms with van der Waals surface area (Å²) in [6.45, 7) is 4.81. The van der Waals surface area contributed by atoms with E-state index in [-0.39, 0.29) is 29.9 Å². The summed E-state index contributed by atoms with van der Waals surface area (Å²) >= 11 is 8.02. The minimum Gasteiger partial charge on any atom is -0.357 e. The first kappa shape index (κ1) is 22.4. The number of amides is 1. The topological polar surface area (TPSA) is 65.5 Å². The first-order valence-corrected chi connectivity index (χ1v) is 9.80. The van der Waals surface area contributed by atoms with Gasteiger partial charge in [-0.2, -0.15) is 11.8 Å². The molecular weight excluding hydrogens is 471 g/mol. The number of hydrogen-bond acceptors (Lipinski definition) is 3. The third-order valence-electron chi connectivity index (χ3n) is 3.64. The van der Waals surface area contributed by atoms with Crippen molar-refractivity contribution in [3.8, 4) is 0 Å². The fourth-order valence-electron chi connectivity index (χ4n) is 2.42. The molecule has 0 spiro atoms. The van der Waals surface area contributed by atoms with Gasteiger partial charge >= 0.3 is 0 Å². The molecule has 1 saturated heterocycles. The minimum atomic E-state index is -0.160. The Morgan fingerprint density at radius 2 is 2.04 bits per heavy atom. The Kier molecular flexibility index (Phi) is 11.3. The van der Waals surface area contributed by atoms with Gasteiger partial charge in [0.2, 0.25) is 0 Å². The van der Waals surface area contributed by atoms with Gasteiger partial charge in [-0.25, -0.2) is 0 Å². The van der Waals surface area contributed by atoms with Crippen LogP contribution in [0, 0.1) is 0 Å². The van der Waals surface area contributed by atoms with E-state index in [0.717, 1.165) is 19.0 Å². The molecule has 0 bridgehead atoms. The molecule has 1 unspecified atom stereocenters. The van der Waals surface area contributed by atoms with Gasteiger partial charge in [0.05, 0.1) is 17.1 Å². The standard InChI is InChI=1S/C17H25ClN4OS.HI/c1-2-19-17(22-12-13-6-5-11-24-13)21-10-9-20-16(23)14-7-3-4-8-15(14)18;/h3-4,7-8,13H,2,5-6,9-12H2,1H3,(H,20,23)(H2,19,21,22);1H. The molecule has 0 radical (unpaired) electrons. The largest absolute Gasteiger partial charge is 0.357 e. The predicted molar refractivity (Wildman–Crippen MR) is 119 cm³/mol. The lowest BCUT2D eigenvalue weighted by Gasteiger charge is -2.13. The average molecular weight is 497 g/mol. The van der Waals surface area contributed by atoms with Crippen molar-refractivity contribution in [2.24, 2.45) is 4.99 Å². The molecule has 0 aliphatic carbocycles. The van der Waals surface area contributed by atoms with Gasteiger partial charge in [-0.05, 0) is 37.7 Å². The van der Waals surface area contributed by atoms with E-state index < -0.39 is 0 Å². The molecule has 5 nitrogen and oxygen atoms in total. The molecule has 1 aliphatic rings. The van der Waals surface area contributed by atoms with E-state index in [4.69, 9.17) is 11.6 Å². The summed E-state index contributed by atoms with van der Waals surface area (Å²) in [6.07, 6.45) is 2.55. The lowest BCUT2D eigenvalue weighted by Crippen LogP contribution is -2.41. The molecule has 0 aromatic heterocycles. The molecule has 1 fully saturated rings. The second kappa shape index (κ2) is 12.6. The Labute approximate surface area is 176 Å². The smallest absolute Gasteiger partial charge is 0.252 e. The van der Waals surface area contributed by atoms with E-state index in [1.54, 1.807) is 18.2 Å². The Hall–Kier alpha value is -0.670. The molecule has 1 atom stereocenters. The number of aliphatic imine (C=N–C) groups is 1. The van der Waals surface area contributed by atoms with Crippen LogP contribution in [0.1, 0.15) is 30.1 Å². The van der Waals surface area contributed by atoms with Crippen LogP contribution < -0.4 is 16.0 Å². The van der Waals surface area contributed by atoms with Gasteiger partial charge in [0.1, 0.15) is 0 Å². The van der Waals surface area contributed by atoms with E-state index in [1.807, 2.05) is 24.8 Å². The number of hydrogen-bond donors (Lipinski definition) is 3. The van der Waals surface area contributed by atoms with Crippen molar-refractivity contribution in [2.75, 3.05) is 31.9 Å². The van der Waals surface area contributed by atoms with Crippen molar-refractivity contribution in [2.45, 2.75) is 25.0 Å². The maximum absolute atomic E-state index is 12.1. The quantitative estimate of drug-likeness (QED) is 0.235. The van der Waals surface area contributed by atoms with Crippen molar-refractivity contribution >= 4 is 59.2 Å². The van der Waals surface area contributed by atoms with Crippen LogP contribution in [0.4, 0.5) is 0 Å². The van der Waals surface area contributed by atoms with E-state index in [2.05, 4.69) is 20.9 Å². The van der Waals surface area contributed by atoms with Crippen molar-refractivity contribution in [1.82, 2.24) is 16.0 Å². The molecule has 3 N–H and O–H groups in total. The second-order valence-electron chi connectivity index (χ2n) is 5.52. The highest BCUT2D eigenvalue weighted by molar-refractivity contribution is 14.0. The van der Waals surface area contributed by atoms with Gasteiger partial charge in [-0.15, -0.1) is 24.0 Å². The van der Waals surface area contributed by atoms with Crippen LogP contribution in [0.15, 0.2) is 29.3 Å². The number of carbonyl (C=O) groups is 1. The van der Waals surface area contributed by atoms with E-state index in [0.29, 0.717) is 28.9 Å². The molecule has 0 saturated carbocycles. The molecule has 25 heavy (non-hydrogen) atoms. The highest BCUT2D eigenvalue weighted by Crippen LogP contribution is 2.25. The molecule has 8 heteroatoms. The molecule has 1 aliphatic heterocycles. The summed E-state index contributed by atoms with van der Waals surface area (Å²) in [5, 5.41) is 10.4. The van der Waals surface area contributed by atoms with Gasteiger partial charge in [0.15, 0.2) is 5.96 Å². The minimum absolute atomic E-state index is 0. The number of benzene rings is 1. The Bertz CT molecular complexity index is 567. The first-order chi connectivity index (χ1) is 11.7. The zero-order chi connectivity index (χ0) is 17.2. The third kappa shape index (κ3) is 8.04. The predicted octanol–water partition coefficient (Wildman–Crippen LogP) is 3.14. The van der Waals surface area contributed by atoms with Crippen LogP contribution in [-0.2, 0) is 0 Å². The first-order valence-electron chi connectivity index (χ1n) is 8.37. The van der Waals surface area contributed by atoms with Gasteiger partial charge in [-0.1, -0.05) is 23.7 Å². The molecule has 2 rings (SSSR count). The Balaban J connectivity index is 0.00000312. The van der Waals surface area contributed by atoms with Crippen LogP contribution in [0.25, 0.3) is 0 Å². The summed E-state index contributed by atoms with van der Waals surface area (Å²) in [4.78, 5) is 16.7. The van der Waals surface area contributed by atoms with Crippen molar-refractivity contribution in [3.63, 3.8) is 0 Å². The maximum Gasteiger partial charge on any atom is 0.252 e. The van der Waals surface area contributed by atoms with Crippen LogP contribution in [0.3, 0.4) is 0 Å². The van der Waals surface area contributed by atoms with E-state index >= 15 is 0 Å². The van der Waals surface area contributed by atoms with E-state index in [9.17, 15) is 4.79 Å². The number of thioether (sulfide) groups is 1. The fourth-order valence-corrected chi connectivity index (χ4v) is 3.82. The Morgan fingerprint density at radius 3 is 2.72 bits per heavy atom. The highest BCUT2D eigenvalue weighted by atomic mass is 127. The molecule has 140 valence electrons. The Morgan fingerprint density at radius 1 is 1.28 bits per heavy atom. The van der Waals surface area contributed by atoms with Crippen molar-refractivity contribution < 1.29 is 4.79 Å². The summed E-state index contributed by atoms with van der Waals surface area (Å²) in [6, 6.07) is 7.04. The SMILES string of the molecule is CCNC(=NCC1CCCS1)NCCNC(=O)c1ccccc1Cl.I. The lowest BCUT2D eigenvalue weighted by molar-refractivity contribution is 0.0954. The number of nitrogens with zero attached hydrogens (tertiary/aromatic N) is 1. The molecular formula is C17H26ClIN4OS. The number of halogens is 2. The molecule has 1 aromatic carbocycles. The zero-order valence-electron chi connectivity index (χ0n) is 14.4. The number of rotatable bonds is 7. The fraction of sp³-hybridized carbons (Fsp3) is 0.529. The van der Waals surface area contributed by atoms with Gasteiger partial charge in [0, 0.05) is 24.9 Å². The highest BCUT2D eigenvalue weighted by Gasteiger charge is 2.15. The van der Waals surface area contributed by atoms with Gasteiger partial charge < -0.3 is 16.0 Å². The van der Waals surface area contributed by atoms with Crippen LogP contribution in [0.5, 0.6) is 0 Å². The second-order valence-corrected chi connectivity index (χ2v) is 7.33. The van der Waals surface area contributed by atoms with Crippen molar-refractivity contribution in [1.29, 1.82) is 0 Å². The molecule has 1 amide bonds. The normalized spacial score (nSPS) is 16.9. The lowest BCUT2D eigenvalue weighted by atomic mass is 10.2. The average Bonchev–Trinajstić information content (AvgIpc) is 3.10. The summed E-state index contributed by atoms with van der Waals surface area (Å²) in [7, 11) is 0. The summed E-state index contributed by atoms with van der Waals surface area (Å²) < 4.78 is 0. The number of carbonyl (C=O) groups excluding carboxylic acids is 1. The monoisotopic (exact) mass is 496 g/mol.